The van der Waals surface area contributed by atoms with Crippen molar-refractivity contribution in [3.63, 3.8) is 0 Å². The van der Waals surface area contributed by atoms with Gasteiger partial charge in [-0.3, -0.25) is 4.79 Å². The van der Waals surface area contributed by atoms with Crippen molar-refractivity contribution in [2.75, 3.05) is 18.5 Å². The second-order valence-corrected chi connectivity index (χ2v) is 4.87. The minimum Gasteiger partial charge on any atom is -0.478 e. The van der Waals surface area contributed by atoms with E-state index in [0.717, 1.165) is 18.7 Å². The maximum Gasteiger partial charge on any atom is 0.337 e. The number of aromatic carboxylic acids is 1. The fourth-order valence-electron chi connectivity index (χ4n) is 2.12. The van der Waals surface area contributed by atoms with Crippen molar-refractivity contribution in [2.45, 2.75) is 13.0 Å². The molecule has 0 amide bonds. The summed E-state index contributed by atoms with van der Waals surface area (Å²) in [7, 11) is 1.99. The number of aromatic nitrogens is 1. The number of benzene rings is 1. The van der Waals surface area contributed by atoms with Crippen LogP contribution in [0.2, 0.25) is 0 Å². The number of para-hydroxylation sites is 1. The molecule has 0 bridgehead atoms. The van der Waals surface area contributed by atoms with Gasteiger partial charge in [0.2, 0.25) is 0 Å². The summed E-state index contributed by atoms with van der Waals surface area (Å²) in [6, 6.07) is 12.6. The third-order valence-corrected chi connectivity index (χ3v) is 3.32. The molecule has 0 aliphatic carbocycles. The zero-order chi connectivity index (χ0) is 15.2. The number of carbonyl (C=O) groups is 1. The highest BCUT2D eigenvalue weighted by Crippen LogP contribution is 2.11. The second kappa shape index (κ2) is 6.74. The number of hydrogen-bond acceptors (Lipinski definition) is 3. The van der Waals surface area contributed by atoms with Gasteiger partial charge in [-0.1, -0.05) is 18.2 Å². The van der Waals surface area contributed by atoms with Gasteiger partial charge < -0.3 is 14.6 Å². The molecule has 0 aliphatic rings. The van der Waals surface area contributed by atoms with Gasteiger partial charge in [-0.15, -0.1) is 0 Å². The Labute approximate surface area is 123 Å². The Morgan fingerprint density at radius 1 is 1.19 bits per heavy atom. The summed E-state index contributed by atoms with van der Waals surface area (Å²) in [5.41, 5.74) is 1.07. The lowest BCUT2D eigenvalue weighted by molar-refractivity contribution is 0.0696. The standard InChI is InChI=1S/C16H18N2O3/c1-17(14-6-3-2-4-7-14)10-5-11-18-12-13(16(20)21)8-9-15(18)19/h2-4,6-9,12H,5,10-11H2,1H3,(H,20,21). The molecule has 0 atom stereocenters. The molecule has 1 aromatic carbocycles. The first-order valence-corrected chi connectivity index (χ1v) is 6.78. The first-order chi connectivity index (χ1) is 10.1. The Bertz CT molecular complexity index is 665. The maximum absolute atomic E-state index is 11.7. The van der Waals surface area contributed by atoms with Gasteiger partial charge in [-0.25, -0.2) is 4.79 Å². The molecule has 0 spiro atoms. The molecule has 0 radical (unpaired) electrons. The summed E-state index contributed by atoms with van der Waals surface area (Å²) < 4.78 is 1.45. The molecule has 0 saturated heterocycles. The zero-order valence-electron chi connectivity index (χ0n) is 11.9. The van der Waals surface area contributed by atoms with E-state index in [1.165, 1.54) is 22.9 Å². The molecule has 0 unspecified atom stereocenters. The van der Waals surface area contributed by atoms with Crippen molar-refractivity contribution in [2.24, 2.45) is 0 Å². The van der Waals surface area contributed by atoms with Gasteiger partial charge in [0.05, 0.1) is 5.56 Å². The molecule has 1 heterocycles. The van der Waals surface area contributed by atoms with Gasteiger partial charge in [0.15, 0.2) is 0 Å². The number of carboxylic acids is 1. The van der Waals surface area contributed by atoms with Crippen LogP contribution in [0.3, 0.4) is 0 Å². The van der Waals surface area contributed by atoms with Crippen LogP contribution in [0.25, 0.3) is 0 Å². The summed E-state index contributed by atoms with van der Waals surface area (Å²) in [4.78, 5) is 24.7. The molecule has 2 rings (SSSR count). The molecule has 1 aromatic heterocycles. The van der Waals surface area contributed by atoms with Gasteiger partial charge in [0.25, 0.3) is 5.56 Å². The van der Waals surface area contributed by atoms with Gasteiger partial charge in [-0.05, 0) is 24.6 Å². The molecule has 0 fully saturated rings. The fourth-order valence-corrected chi connectivity index (χ4v) is 2.12. The lowest BCUT2D eigenvalue weighted by atomic mass is 10.2. The summed E-state index contributed by atoms with van der Waals surface area (Å²) in [5, 5.41) is 8.94. The monoisotopic (exact) mass is 286 g/mol. The third kappa shape index (κ3) is 3.95. The SMILES string of the molecule is CN(CCCn1cc(C(=O)O)ccc1=O)c1ccccc1. The normalized spacial score (nSPS) is 10.3. The summed E-state index contributed by atoms with van der Waals surface area (Å²) >= 11 is 0. The van der Waals surface area contributed by atoms with Gasteiger partial charge in [0, 0.05) is 38.1 Å². The number of aryl methyl sites for hydroxylation is 1. The first-order valence-electron chi connectivity index (χ1n) is 6.78. The van der Waals surface area contributed by atoms with E-state index < -0.39 is 5.97 Å². The molecule has 1 N–H and O–H groups in total. The fraction of sp³-hybridized carbons (Fsp3) is 0.250. The Morgan fingerprint density at radius 2 is 1.90 bits per heavy atom. The molecule has 0 saturated carbocycles. The van der Waals surface area contributed by atoms with Crippen molar-refractivity contribution in [3.8, 4) is 0 Å². The van der Waals surface area contributed by atoms with Gasteiger partial charge in [0.1, 0.15) is 0 Å². The van der Waals surface area contributed by atoms with Crippen LogP contribution in [0.1, 0.15) is 16.8 Å². The third-order valence-electron chi connectivity index (χ3n) is 3.32. The molecule has 0 aliphatic heterocycles. The lowest BCUT2D eigenvalue weighted by Crippen LogP contribution is -2.24. The highest BCUT2D eigenvalue weighted by atomic mass is 16.4. The van der Waals surface area contributed by atoms with E-state index in [1.807, 2.05) is 37.4 Å². The van der Waals surface area contributed by atoms with Crippen molar-refractivity contribution in [1.82, 2.24) is 4.57 Å². The van der Waals surface area contributed by atoms with Crippen LogP contribution in [0.5, 0.6) is 0 Å². The summed E-state index contributed by atoms with van der Waals surface area (Å²) in [6.45, 7) is 1.28. The van der Waals surface area contributed by atoms with E-state index >= 15 is 0 Å². The maximum atomic E-state index is 11.7. The van der Waals surface area contributed by atoms with Crippen LogP contribution in [0.15, 0.2) is 53.5 Å². The largest absolute Gasteiger partial charge is 0.478 e. The van der Waals surface area contributed by atoms with Gasteiger partial charge in [-0.2, -0.15) is 0 Å². The molecule has 5 heteroatoms. The van der Waals surface area contributed by atoms with Crippen LogP contribution in [-0.4, -0.2) is 29.2 Å². The van der Waals surface area contributed by atoms with Crippen LogP contribution >= 0.6 is 0 Å². The second-order valence-electron chi connectivity index (χ2n) is 4.87. The highest BCUT2D eigenvalue weighted by molar-refractivity contribution is 5.87. The van der Waals surface area contributed by atoms with Crippen molar-refractivity contribution >= 4 is 11.7 Å². The highest BCUT2D eigenvalue weighted by Gasteiger charge is 2.05. The first kappa shape index (κ1) is 14.8. The molecule has 110 valence electrons. The molecule has 2 aromatic rings. The van der Waals surface area contributed by atoms with Crippen molar-refractivity contribution in [3.05, 3.63) is 64.6 Å². The van der Waals surface area contributed by atoms with E-state index in [1.54, 1.807) is 0 Å². The molecule has 21 heavy (non-hydrogen) atoms. The Hall–Kier alpha value is -2.56. The number of rotatable bonds is 6. The van der Waals surface area contributed by atoms with Crippen LogP contribution < -0.4 is 10.5 Å². The van der Waals surface area contributed by atoms with Crippen LogP contribution in [0, 0.1) is 0 Å². The zero-order valence-corrected chi connectivity index (χ0v) is 11.9. The molecule has 5 nitrogen and oxygen atoms in total. The minimum atomic E-state index is -1.02. The Balaban J connectivity index is 1.96. The van der Waals surface area contributed by atoms with E-state index in [9.17, 15) is 9.59 Å². The van der Waals surface area contributed by atoms with E-state index in [-0.39, 0.29) is 11.1 Å². The number of hydrogen-bond donors (Lipinski definition) is 1. The van der Waals surface area contributed by atoms with Crippen molar-refractivity contribution < 1.29 is 9.90 Å². The minimum absolute atomic E-state index is 0.131. The summed E-state index contributed by atoms with van der Waals surface area (Å²) in [5.74, 6) is -1.02. The van der Waals surface area contributed by atoms with E-state index in [2.05, 4.69) is 4.90 Å². The number of anilines is 1. The average molecular weight is 286 g/mol. The van der Waals surface area contributed by atoms with Gasteiger partial charge >= 0.3 is 5.97 Å². The number of carboxylic acid groups (broad SMARTS) is 1. The predicted octanol–water partition coefficient (Wildman–Crippen LogP) is 2.07. The molecular weight excluding hydrogens is 268 g/mol. The van der Waals surface area contributed by atoms with E-state index in [4.69, 9.17) is 5.11 Å². The average Bonchev–Trinajstić information content (AvgIpc) is 2.49. The van der Waals surface area contributed by atoms with Crippen LogP contribution in [-0.2, 0) is 6.54 Å². The van der Waals surface area contributed by atoms with Crippen LogP contribution in [0.4, 0.5) is 5.69 Å². The number of pyridine rings is 1. The smallest absolute Gasteiger partial charge is 0.337 e. The summed E-state index contributed by atoms with van der Waals surface area (Å²) in [6.07, 6.45) is 2.15. The van der Waals surface area contributed by atoms with E-state index in [0.29, 0.717) is 6.54 Å². The topological polar surface area (TPSA) is 62.5 Å². The quantitative estimate of drug-likeness (QED) is 0.883. The molecular formula is C16H18N2O3. The number of nitrogens with zero attached hydrogens (tertiary/aromatic N) is 2. The Morgan fingerprint density at radius 3 is 2.57 bits per heavy atom. The predicted molar refractivity (Wildman–Crippen MR) is 82.0 cm³/mol. The Kier molecular flexibility index (Phi) is 4.77. The lowest BCUT2D eigenvalue weighted by Gasteiger charge is -2.19. The van der Waals surface area contributed by atoms with Crippen molar-refractivity contribution in [1.29, 1.82) is 0 Å².